The molecule has 3 nitrogen and oxygen atoms in total. The van der Waals surface area contributed by atoms with E-state index in [4.69, 9.17) is 0 Å². The Kier molecular flexibility index (Phi) is 8.14. The Morgan fingerprint density at radius 3 is 2.29 bits per heavy atom. The molecular formula is C11H26N2O. The van der Waals surface area contributed by atoms with Crippen LogP contribution < -0.4 is 5.32 Å². The minimum absolute atomic E-state index is 0.220. The van der Waals surface area contributed by atoms with Crippen molar-refractivity contribution in [1.29, 1.82) is 0 Å². The standard InChI is InChI=1S/C11H26N2O/c1-5-7-12-11(9-14)8-13(6-2)10(3)4/h10-12,14H,5-9H2,1-4H3. The molecule has 0 saturated heterocycles. The fraction of sp³-hybridized carbons (Fsp3) is 1.00. The summed E-state index contributed by atoms with van der Waals surface area (Å²) in [5.41, 5.74) is 0. The fourth-order valence-corrected chi connectivity index (χ4v) is 1.52. The van der Waals surface area contributed by atoms with Gasteiger partial charge >= 0.3 is 0 Å². The number of rotatable bonds is 8. The third-order valence-electron chi connectivity index (χ3n) is 2.49. The molecule has 3 heteroatoms. The zero-order valence-electron chi connectivity index (χ0n) is 10.1. The first-order valence-electron chi connectivity index (χ1n) is 5.73. The zero-order chi connectivity index (χ0) is 11.0. The molecule has 1 unspecified atom stereocenters. The summed E-state index contributed by atoms with van der Waals surface area (Å²) in [6.07, 6.45) is 1.12. The van der Waals surface area contributed by atoms with E-state index in [2.05, 4.69) is 37.9 Å². The lowest BCUT2D eigenvalue weighted by atomic mass is 10.2. The van der Waals surface area contributed by atoms with E-state index in [-0.39, 0.29) is 12.6 Å². The van der Waals surface area contributed by atoms with Crippen molar-refractivity contribution in [2.45, 2.75) is 46.2 Å². The summed E-state index contributed by atoms with van der Waals surface area (Å²) in [4.78, 5) is 2.36. The van der Waals surface area contributed by atoms with Crippen LogP contribution in [-0.4, -0.2) is 48.3 Å². The number of nitrogens with zero attached hydrogens (tertiary/aromatic N) is 1. The van der Waals surface area contributed by atoms with E-state index in [9.17, 15) is 5.11 Å². The summed E-state index contributed by atoms with van der Waals surface area (Å²) in [5, 5.41) is 12.5. The summed E-state index contributed by atoms with van der Waals surface area (Å²) in [6.45, 7) is 11.9. The first kappa shape index (κ1) is 13.9. The van der Waals surface area contributed by atoms with Crippen molar-refractivity contribution in [1.82, 2.24) is 10.2 Å². The average molecular weight is 202 g/mol. The van der Waals surface area contributed by atoms with Crippen LogP contribution in [0.25, 0.3) is 0 Å². The Labute approximate surface area is 88.5 Å². The second-order valence-corrected chi connectivity index (χ2v) is 4.01. The smallest absolute Gasteiger partial charge is 0.0597 e. The Morgan fingerprint density at radius 1 is 1.29 bits per heavy atom. The highest BCUT2D eigenvalue weighted by Crippen LogP contribution is 1.99. The Morgan fingerprint density at radius 2 is 1.93 bits per heavy atom. The maximum atomic E-state index is 9.19. The maximum absolute atomic E-state index is 9.19. The van der Waals surface area contributed by atoms with E-state index in [0.29, 0.717) is 6.04 Å². The highest BCUT2D eigenvalue weighted by molar-refractivity contribution is 4.72. The SMILES string of the molecule is CCCNC(CO)CN(CC)C(C)C. The zero-order valence-corrected chi connectivity index (χ0v) is 10.1. The van der Waals surface area contributed by atoms with E-state index >= 15 is 0 Å². The maximum Gasteiger partial charge on any atom is 0.0597 e. The lowest BCUT2D eigenvalue weighted by molar-refractivity contribution is 0.163. The van der Waals surface area contributed by atoms with Crippen molar-refractivity contribution >= 4 is 0 Å². The topological polar surface area (TPSA) is 35.5 Å². The second-order valence-electron chi connectivity index (χ2n) is 4.01. The predicted molar refractivity (Wildman–Crippen MR) is 61.6 cm³/mol. The van der Waals surface area contributed by atoms with Gasteiger partial charge in [-0.2, -0.15) is 0 Å². The molecule has 86 valence electrons. The van der Waals surface area contributed by atoms with E-state index in [0.717, 1.165) is 26.1 Å². The molecule has 0 rings (SSSR count). The molecule has 0 radical (unpaired) electrons. The number of aliphatic hydroxyl groups is 1. The number of likely N-dealkylation sites (N-methyl/N-ethyl adjacent to an activating group) is 1. The summed E-state index contributed by atoms with van der Waals surface area (Å²) in [5.74, 6) is 0. The Hall–Kier alpha value is -0.120. The molecule has 0 heterocycles. The van der Waals surface area contributed by atoms with Crippen molar-refractivity contribution in [2.24, 2.45) is 0 Å². The molecule has 0 aliphatic carbocycles. The van der Waals surface area contributed by atoms with Crippen LogP contribution >= 0.6 is 0 Å². The highest BCUT2D eigenvalue weighted by atomic mass is 16.3. The molecule has 0 aromatic rings. The molecule has 0 aliphatic heterocycles. The summed E-state index contributed by atoms with van der Waals surface area (Å²) in [6, 6.07) is 0.773. The number of hydrogen-bond acceptors (Lipinski definition) is 3. The Balaban J connectivity index is 3.87. The van der Waals surface area contributed by atoms with Crippen molar-refractivity contribution in [3.8, 4) is 0 Å². The first-order chi connectivity index (χ1) is 6.65. The molecule has 0 saturated carbocycles. The van der Waals surface area contributed by atoms with Gasteiger partial charge in [-0.1, -0.05) is 13.8 Å². The monoisotopic (exact) mass is 202 g/mol. The van der Waals surface area contributed by atoms with Crippen LogP contribution in [0.3, 0.4) is 0 Å². The van der Waals surface area contributed by atoms with Crippen LogP contribution in [0.1, 0.15) is 34.1 Å². The minimum Gasteiger partial charge on any atom is -0.395 e. The largest absolute Gasteiger partial charge is 0.395 e. The normalized spacial score (nSPS) is 13.9. The van der Waals surface area contributed by atoms with Gasteiger partial charge in [0.05, 0.1) is 6.61 Å². The fourth-order valence-electron chi connectivity index (χ4n) is 1.52. The second kappa shape index (κ2) is 8.21. The van der Waals surface area contributed by atoms with E-state index < -0.39 is 0 Å². The van der Waals surface area contributed by atoms with Gasteiger partial charge in [-0.25, -0.2) is 0 Å². The molecule has 0 amide bonds. The first-order valence-corrected chi connectivity index (χ1v) is 5.73. The molecule has 0 aromatic carbocycles. The third-order valence-corrected chi connectivity index (χ3v) is 2.49. The number of aliphatic hydroxyl groups excluding tert-OH is 1. The third kappa shape index (κ3) is 5.58. The minimum atomic E-state index is 0.220. The van der Waals surface area contributed by atoms with Gasteiger partial charge in [0, 0.05) is 18.6 Å². The average Bonchev–Trinajstić information content (AvgIpc) is 2.18. The lowest BCUT2D eigenvalue weighted by Gasteiger charge is -2.29. The van der Waals surface area contributed by atoms with E-state index in [1.807, 2.05) is 0 Å². The molecule has 14 heavy (non-hydrogen) atoms. The van der Waals surface area contributed by atoms with E-state index in [1.54, 1.807) is 0 Å². The van der Waals surface area contributed by atoms with Gasteiger partial charge in [-0.3, -0.25) is 4.90 Å². The van der Waals surface area contributed by atoms with Gasteiger partial charge in [0.25, 0.3) is 0 Å². The van der Waals surface area contributed by atoms with Crippen molar-refractivity contribution < 1.29 is 5.11 Å². The van der Waals surface area contributed by atoms with Crippen LogP contribution in [0.4, 0.5) is 0 Å². The van der Waals surface area contributed by atoms with Crippen LogP contribution in [0.15, 0.2) is 0 Å². The van der Waals surface area contributed by atoms with Gasteiger partial charge in [-0.05, 0) is 33.4 Å². The lowest BCUT2D eigenvalue weighted by Crippen LogP contribution is -2.45. The van der Waals surface area contributed by atoms with Crippen molar-refractivity contribution in [2.75, 3.05) is 26.2 Å². The van der Waals surface area contributed by atoms with Crippen LogP contribution in [-0.2, 0) is 0 Å². The number of hydrogen-bond donors (Lipinski definition) is 2. The van der Waals surface area contributed by atoms with Crippen LogP contribution in [0, 0.1) is 0 Å². The van der Waals surface area contributed by atoms with E-state index in [1.165, 1.54) is 0 Å². The molecule has 0 fully saturated rings. The van der Waals surface area contributed by atoms with Gasteiger partial charge in [0.15, 0.2) is 0 Å². The molecular weight excluding hydrogens is 176 g/mol. The summed E-state index contributed by atoms with van der Waals surface area (Å²) < 4.78 is 0. The van der Waals surface area contributed by atoms with Gasteiger partial charge < -0.3 is 10.4 Å². The Bertz CT molecular complexity index is 128. The highest BCUT2D eigenvalue weighted by Gasteiger charge is 2.13. The van der Waals surface area contributed by atoms with Crippen LogP contribution in [0.5, 0.6) is 0 Å². The van der Waals surface area contributed by atoms with Gasteiger partial charge in [0.1, 0.15) is 0 Å². The van der Waals surface area contributed by atoms with Crippen LogP contribution in [0.2, 0.25) is 0 Å². The van der Waals surface area contributed by atoms with Crippen molar-refractivity contribution in [3.05, 3.63) is 0 Å². The predicted octanol–water partition coefficient (Wildman–Crippen LogP) is 1.08. The molecule has 0 spiro atoms. The summed E-state index contributed by atoms with van der Waals surface area (Å²) in [7, 11) is 0. The molecule has 0 aromatic heterocycles. The number of nitrogens with one attached hydrogen (secondary N) is 1. The molecule has 2 N–H and O–H groups in total. The molecule has 0 bridgehead atoms. The van der Waals surface area contributed by atoms with Gasteiger partial charge in [-0.15, -0.1) is 0 Å². The van der Waals surface area contributed by atoms with Crippen molar-refractivity contribution in [3.63, 3.8) is 0 Å². The quantitative estimate of drug-likeness (QED) is 0.618. The molecule has 1 atom stereocenters. The van der Waals surface area contributed by atoms with Gasteiger partial charge in [0.2, 0.25) is 0 Å². The molecule has 0 aliphatic rings. The summed E-state index contributed by atoms with van der Waals surface area (Å²) >= 11 is 0.